The molecular formula is C19H16F4O. The van der Waals surface area contributed by atoms with Crippen LogP contribution in [0, 0.1) is 5.82 Å². The molecule has 0 atom stereocenters. The summed E-state index contributed by atoms with van der Waals surface area (Å²) in [7, 11) is 0. The minimum absolute atomic E-state index is 0.453. The van der Waals surface area contributed by atoms with Crippen molar-refractivity contribution in [3.05, 3.63) is 70.5 Å². The summed E-state index contributed by atoms with van der Waals surface area (Å²) in [4.78, 5) is 0. The van der Waals surface area contributed by atoms with Crippen LogP contribution in [-0.4, -0.2) is 6.36 Å². The number of allylic oxidation sites excluding steroid dienone is 2. The number of fused-ring (bicyclic) bond motifs is 1. The zero-order valence-electron chi connectivity index (χ0n) is 13.1. The molecule has 2 aromatic rings. The van der Waals surface area contributed by atoms with E-state index in [4.69, 9.17) is 0 Å². The van der Waals surface area contributed by atoms with E-state index < -0.39 is 17.9 Å². The van der Waals surface area contributed by atoms with Gasteiger partial charge in [-0.2, -0.15) is 0 Å². The fraction of sp³-hybridized carbons (Fsp3) is 0.263. The van der Waals surface area contributed by atoms with E-state index in [1.165, 1.54) is 5.56 Å². The molecule has 0 radical (unpaired) electrons. The number of ether oxygens (including phenoxy) is 1. The van der Waals surface area contributed by atoms with Crippen molar-refractivity contribution in [2.75, 3.05) is 0 Å². The summed E-state index contributed by atoms with van der Waals surface area (Å²) in [5, 5.41) is 0. The molecular weight excluding hydrogens is 320 g/mol. The van der Waals surface area contributed by atoms with E-state index in [-0.39, 0.29) is 0 Å². The highest BCUT2D eigenvalue weighted by atomic mass is 19.4. The highest BCUT2D eigenvalue weighted by molar-refractivity contribution is 5.71. The van der Waals surface area contributed by atoms with E-state index in [0.717, 1.165) is 29.7 Å². The lowest BCUT2D eigenvalue weighted by atomic mass is 9.87. The van der Waals surface area contributed by atoms with Crippen LogP contribution in [-0.2, 0) is 19.3 Å². The Morgan fingerprint density at radius 3 is 2.38 bits per heavy atom. The van der Waals surface area contributed by atoms with Crippen LogP contribution in [0.25, 0.3) is 5.57 Å². The summed E-state index contributed by atoms with van der Waals surface area (Å²) in [5.74, 6) is -1.76. The molecule has 2 aromatic carbocycles. The van der Waals surface area contributed by atoms with Crippen LogP contribution in [0.15, 0.2) is 42.5 Å². The van der Waals surface area contributed by atoms with E-state index >= 15 is 0 Å². The molecule has 0 amide bonds. The van der Waals surface area contributed by atoms with Gasteiger partial charge < -0.3 is 4.74 Å². The van der Waals surface area contributed by atoms with E-state index in [1.807, 2.05) is 30.3 Å². The lowest BCUT2D eigenvalue weighted by molar-refractivity contribution is -0.275. The van der Waals surface area contributed by atoms with Gasteiger partial charge >= 0.3 is 6.36 Å². The van der Waals surface area contributed by atoms with Crippen molar-refractivity contribution < 1.29 is 22.3 Å². The Morgan fingerprint density at radius 2 is 1.75 bits per heavy atom. The van der Waals surface area contributed by atoms with Crippen molar-refractivity contribution in [3.63, 3.8) is 0 Å². The molecule has 24 heavy (non-hydrogen) atoms. The first-order chi connectivity index (χ1) is 11.4. The molecule has 0 aromatic heterocycles. The van der Waals surface area contributed by atoms with Crippen LogP contribution >= 0.6 is 0 Å². The Balaban J connectivity index is 1.85. The van der Waals surface area contributed by atoms with Gasteiger partial charge in [-0.25, -0.2) is 4.39 Å². The van der Waals surface area contributed by atoms with Crippen molar-refractivity contribution in [1.82, 2.24) is 0 Å². The first kappa shape index (κ1) is 16.6. The van der Waals surface area contributed by atoms with E-state index in [0.29, 0.717) is 24.0 Å². The van der Waals surface area contributed by atoms with Gasteiger partial charge in [-0.1, -0.05) is 37.3 Å². The number of hydrogen-bond acceptors (Lipinski definition) is 1. The predicted octanol–water partition coefficient (Wildman–Crippen LogP) is 5.47. The molecule has 0 bridgehead atoms. The second kappa shape index (κ2) is 6.30. The Morgan fingerprint density at radius 1 is 1.04 bits per heavy atom. The van der Waals surface area contributed by atoms with Crippen molar-refractivity contribution in [1.29, 1.82) is 0 Å². The fourth-order valence-electron chi connectivity index (χ4n) is 2.88. The van der Waals surface area contributed by atoms with Gasteiger partial charge in [0, 0.05) is 0 Å². The van der Waals surface area contributed by atoms with Crippen molar-refractivity contribution >= 4 is 5.57 Å². The first-order valence-electron chi connectivity index (χ1n) is 7.71. The maximum atomic E-state index is 13.9. The number of alkyl halides is 3. The maximum Gasteiger partial charge on any atom is 0.573 e. The third-order valence-electron chi connectivity index (χ3n) is 4.16. The summed E-state index contributed by atoms with van der Waals surface area (Å²) >= 11 is 0. The molecule has 0 saturated carbocycles. The number of rotatable bonds is 3. The average molecular weight is 336 g/mol. The summed E-state index contributed by atoms with van der Waals surface area (Å²) in [6, 6.07) is 10.4. The molecule has 5 heteroatoms. The van der Waals surface area contributed by atoms with Crippen LogP contribution in [0.2, 0.25) is 0 Å². The van der Waals surface area contributed by atoms with Gasteiger partial charge in [-0.15, -0.1) is 13.2 Å². The van der Waals surface area contributed by atoms with E-state index in [9.17, 15) is 17.6 Å². The smallest absolute Gasteiger partial charge is 0.403 e. The van der Waals surface area contributed by atoms with Gasteiger partial charge in [0.2, 0.25) is 0 Å². The highest BCUT2D eigenvalue weighted by Crippen LogP contribution is 2.33. The van der Waals surface area contributed by atoms with Crippen LogP contribution in [0.5, 0.6) is 5.75 Å². The Labute approximate surface area is 137 Å². The number of halogens is 4. The van der Waals surface area contributed by atoms with Crippen LogP contribution < -0.4 is 4.74 Å². The van der Waals surface area contributed by atoms with Gasteiger partial charge in [0.15, 0.2) is 11.6 Å². The molecule has 1 aliphatic carbocycles. The lowest BCUT2D eigenvalue weighted by Crippen LogP contribution is -2.18. The Hall–Kier alpha value is -2.30. The normalized spacial score (nSPS) is 14.1. The average Bonchev–Trinajstić information content (AvgIpc) is 2.54. The fourth-order valence-corrected chi connectivity index (χ4v) is 2.88. The maximum absolute atomic E-state index is 13.9. The third-order valence-corrected chi connectivity index (χ3v) is 4.16. The van der Waals surface area contributed by atoms with Gasteiger partial charge in [-0.3, -0.25) is 0 Å². The second-order valence-electron chi connectivity index (χ2n) is 5.76. The van der Waals surface area contributed by atoms with Gasteiger partial charge in [0.05, 0.1) is 0 Å². The third kappa shape index (κ3) is 3.61. The van der Waals surface area contributed by atoms with Crippen molar-refractivity contribution in [2.24, 2.45) is 0 Å². The molecule has 1 aliphatic rings. The van der Waals surface area contributed by atoms with Crippen LogP contribution in [0.4, 0.5) is 17.6 Å². The molecule has 0 saturated heterocycles. The summed E-state index contributed by atoms with van der Waals surface area (Å²) in [5.41, 5.74) is 4.68. The summed E-state index contributed by atoms with van der Waals surface area (Å²) in [6.45, 7) is 2.08. The van der Waals surface area contributed by atoms with Crippen molar-refractivity contribution in [3.8, 4) is 5.75 Å². The first-order valence-corrected chi connectivity index (χ1v) is 7.71. The summed E-state index contributed by atoms with van der Waals surface area (Å²) < 4.78 is 54.5. The molecule has 1 nitrogen and oxygen atoms in total. The second-order valence-corrected chi connectivity index (χ2v) is 5.76. The number of benzene rings is 2. The SMILES string of the molecule is CCc1ccc(C2=CCc3cc(OC(F)(F)F)c(F)cc3C2)cc1. The Kier molecular flexibility index (Phi) is 4.35. The molecule has 0 aliphatic heterocycles. The van der Waals surface area contributed by atoms with Crippen LogP contribution in [0.1, 0.15) is 29.2 Å². The summed E-state index contributed by atoms with van der Waals surface area (Å²) in [6.07, 6.45) is -1.03. The molecule has 0 fully saturated rings. The lowest BCUT2D eigenvalue weighted by Gasteiger charge is -2.19. The predicted molar refractivity (Wildman–Crippen MR) is 84.3 cm³/mol. The standard InChI is InChI=1S/C19H16F4O/c1-2-12-3-5-13(6-4-12)14-7-8-15-11-18(24-19(21,22)23)17(20)10-16(15)9-14/h3-7,10-11H,2,8-9H2,1H3. The topological polar surface area (TPSA) is 9.23 Å². The Bertz CT molecular complexity index is 773. The molecule has 126 valence electrons. The molecule has 0 heterocycles. The van der Waals surface area contributed by atoms with Gasteiger partial charge in [-0.05, 0) is 59.2 Å². The quantitative estimate of drug-likeness (QED) is 0.676. The number of hydrogen-bond donors (Lipinski definition) is 0. The minimum atomic E-state index is -4.90. The van der Waals surface area contributed by atoms with Gasteiger partial charge in [0.1, 0.15) is 0 Å². The van der Waals surface area contributed by atoms with Crippen LogP contribution in [0.3, 0.4) is 0 Å². The van der Waals surface area contributed by atoms with E-state index in [2.05, 4.69) is 11.7 Å². The largest absolute Gasteiger partial charge is 0.573 e. The number of aryl methyl sites for hydroxylation is 1. The highest BCUT2D eigenvalue weighted by Gasteiger charge is 2.33. The van der Waals surface area contributed by atoms with Gasteiger partial charge in [0.25, 0.3) is 0 Å². The zero-order valence-corrected chi connectivity index (χ0v) is 13.1. The molecule has 3 rings (SSSR count). The molecule has 0 N–H and O–H groups in total. The van der Waals surface area contributed by atoms with Crippen molar-refractivity contribution in [2.45, 2.75) is 32.5 Å². The molecule has 0 unspecified atom stereocenters. The van der Waals surface area contributed by atoms with E-state index in [1.54, 1.807) is 0 Å². The monoisotopic (exact) mass is 336 g/mol. The minimum Gasteiger partial charge on any atom is -0.403 e. The zero-order chi connectivity index (χ0) is 17.3. The molecule has 0 spiro atoms.